The Kier molecular flexibility index (Phi) is 5.98. The van der Waals surface area contributed by atoms with E-state index in [0.29, 0.717) is 47.5 Å². The van der Waals surface area contributed by atoms with Gasteiger partial charge in [0.1, 0.15) is 15.6 Å². The molecule has 3 heterocycles. The van der Waals surface area contributed by atoms with Crippen molar-refractivity contribution in [2.75, 3.05) is 19.8 Å². The number of imidazole rings is 1. The molecule has 35 heavy (non-hydrogen) atoms. The molecule has 184 valence electrons. The van der Waals surface area contributed by atoms with Gasteiger partial charge in [0.25, 0.3) is 0 Å². The van der Waals surface area contributed by atoms with Crippen molar-refractivity contribution in [2.24, 2.45) is 26.1 Å². The number of aromatic nitrogens is 2. The SMILES string of the molecule is NCc1nc2c(-c3ccc(S(=O)(=O)N[C@@H]4CCNC4)c(S(N)(=O)=O)c3C3=NCN=N3)cccc2[nH]1. The molecule has 2 aliphatic heterocycles. The zero-order chi connectivity index (χ0) is 24.8. The standard InChI is InChI=1S/C20H23N9O4S2/c21-8-16-26-14-3-1-2-13(18(14)27-16)12-4-5-15(35(32,33)29-11-6-7-23-9-11)19(34(22,30)31)17(12)20-24-10-25-28-20/h1-5,11,23,29H,6-10,21H2,(H,26,27)(H2,22,30,31)/t11-/m1/s1. The molecule has 0 saturated carbocycles. The van der Waals surface area contributed by atoms with Crippen LogP contribution in [-0.2, 0) is 26.6 Å². The van der Waals surface area contributed by atoms with Gasteiger partial charge in [-0.15, -0.1) is 5.11 Å². The molecule has 5 rings (SSSR count). The summed E-state index contributed by atoms with van der Waals surface area (Å²) in [5, 5.41) is 16.5. The van der Waals surface area contributed by atoms with Crippen LogP contribution in [0.4, 0.5) is 0 Å². The van der Waals surface area contributed by atoms with Gasteiger partial charge in [0.2, 0.25) is 20.0 Å². The second kappa shape index (κ2) is 8.85. The summed E-state index contributed by atoms with van der Waals surface area (Å²) >= 11 is 0. The normalized spacial score (nSPS) is 18.5. The molecule has 2 aromatic carbocycles. The molecule has 2 aliphatic rings. The van der Waals surface area contributed by atoms with Gasteiger partial charge < -0.3 is 16.0 Å². The Labute approximate surface area is 201 Å². The number of hydrogen-bond donors (Lipinski definition) is 5. The fraction of sp³-hybridized carbons (Fsp3) is 0.300. The first-order valence-electron chi connectivity index (χ1n) is 10.7. The number of azo groups is 1. The summed E-state index contributed by atoms with van der Waals surface area (Å²) in [7, 11) is -8.83. The molecule has 1 atom stereocenters. The molecule has 0 aliphatic carbocycles. The molecule has 0 amide bonds. The third-order valence-corrected chi connectivity index (χ3v) is 8.48. The molecular weight excluding hydrogens is 494 g/mol. The molecule has 1 saturated heterocycles. The van der Waals surface area contributed by atoms with Crippen LogP contribution in [0.15, 0.2) is 55.3 Å². The van der Waals surface area contributed by atoms with E-state index >= 15 is 0 Å². The molecule has 0 spiro atoms. The maximum absolute atomic E-state index is 13.3. The summed E-state index contributed by atoms with van der Waals surface area (Å²) in [5.41, 5.74) is 7.75. The van der Waals surface area contributed by atoms with Crippen molar-refractivity contribution in [3.05, 3.63) is 41.7 Å². The summed E-state index contributed by atoms with van der Waals surface area (Å²) in [6.45, 7) is 1.23. The lowest BCUT2D eigenvalue weighted by atomic mass is 9.97. The first-order chi connectivity index (χ1) is 16.7. The van der Waals surface area contributed by atoms with Crippen molar-refractivity contribution < 1.29 is 16.8 Å². The Balaban J connectivity index is 1.81. The lowest BCUT2D eigenvalue weighted by Gasteiger charge is -2.19. The van der Waals surface area contributed by atoms with Crippen molar-refractivity contribution in [2.45, 2.75) is 28.8 Å². The number of amidine groups is 1. The number of hydrogen-bond acceptors (Lipinski definition) is 10. The molecule has 0 unspecified atom stereocenters. The quantitative estimate of drug-likeness (QED) is 0.292. The van der Waals surface area contributed by atoms with Crippen molar-refractivity contribution in [3.63, 3.8) is 0 Å². The molecular formula is C20H23N9O4S2. The number of aromatic amines is 1. The van der Waals surface area contributed by atoms with Crippen molar-refractivity contribution in [3.8, 4) is 11.1 Å². The maximum Gasteiger partial charge on any atom is 0.242 e. The predicted octanol–water partition coefficient (Wildman–Crippen LogP) is 0.146. The van der Waals surface area contributed by atoms with Gasteiger partial charge in [-0.1, -0.05) is 18.2 Å². The van der Waals surface area contributed by atoms with E-state index in [0.717, 1.165) is 0 Å². The van der Waals surface area contributed by atoms with E-state index in [4.69, 9.17) is 10.9 Å². The van der Waals surface area contributed by atoms with Gasteiger partial charge in [-0.25, -0.2) is 36.7 Å². The Morgan fingerprint density at radius 1 is 1.11 bits per heavy atom. The van der Waals surface area contributed by atoms with Gasteiger partial charge in [0, 0.05) is 18.2 Å². The van der Waals surface area contributed by atoms with Crippen LogP contribution in [0.5, 0.6) is 0 Å². The number of aliphatic imine (C=N–C) groups is 1. The fourth-order valence-corrected chi connectivity index (χ4v) is 7.17. The number of benzene rings is 2. The minimum atomic E-state index is -4.57. The first kappa shape index (κ1) is 23.7. The summed E-state index contributed by atoms with van der Waals surface area (Å²) in [6, 6.07) is 7.65. The van der Waals surface area contributed by atoms with Crippen LogP contribution < -0.4 is 20.9 Å². The van der Waals surface area contributed by atoms with Crippen LogP contribution in [-0.4, -0.2) is 58.4 Å². The third kappa shape index (κ3) is 4.37. The number of fused-ring (bicyclic) bond motifs is 1. The van der Waals surface area contributed by atoms with Gasteiger partial charge >= 0.3 is 0 Å². The highest BCUT2D eigenvalue weighted by Crippen LogP contribution is 2.37. The van der Waals surface area contributed by atoms with Gasteiger partial charge in [0.05, 0.1) is 23.1 Å². The van der Waals surface area contributed by atoms with Crippen LogP contribution in [0.25, 0.3) is 22.2 Å². The van der Waals surface area contributed by atoms with Crippen LogP contribution in [0, 0.1) is 0 Å². The fourth-order valence-electron chi connectivity index (χ4n) is 4.30. The number of nitrogens with zero attached hydrogens (tertiary/aromatic N) is 4. The minimum Gasteiger partial charge on any atom is -0.341 e. The Hall–Kier alpha value is -3.08. The van der Waals surface area contributed by atoms with Crippen molar-refractivity contribution in [1.29, 1.82) is 0 Å². The average Bonchev–Trinajstić information content (AvgIpc) is 3.58. The number of para-hydroxylation sites is 1. The smallest absolute Gasteiger partial charge is 0.242 e. The Morgan fingerprint density at radius 3 is 2.60 bits per heavy atom. The number of nitrogens with one attached hydrogen (secondary N) is 3. The van der Waals surface area contributed by atoms with Crippen LogP contribution in [0.2, 0.25) is 0 Å². The zero-order valence-electron chi connectivity index (χ0n) is 18.4. The Morgan fingerprint density at radius 2 is 1.94 bits per heavy atom. The highest BCUT2D eigenvalue weighted by molar-refractivity contribution is 7.92. The number of nitrogens with two attached hydrogens (primary N) is 2. The molecule has 13 nitrogen and oxygen atoms in total. The highest BCUT2D eigenvalue weighted by Gasteiger charge is 2.34. The third-order valence-electron chi connectivity index (χ3n) is 5.80. The van der Waals surface area contributed by atoms with Gasteiger partial charge in [-0.3, -0.25) is 0 Å². The van der Waals surface area contributed by atoms with Crippen LogP contribution in [0.3, 0.4) is 0 Å². The van der Waals surface area contributed by atoms with E-state index in [2.05, 4.69) is 35.2 Å². The molecule has 0 radical (unpaired) electrons. The van der Waals surface area contributed by atoms with E-state index in [1.54, 1.807) is 18.2 Å². The van der Waals surface area contributed by atoms with Gasteiger partial charge in [-0.2, -0.15) is 5.11 Å². The molecule has 15 heteroatoms. The second-order valence-corrected chi connectivity index (χ2v) is 11.3. The molecule has 7 N–H and O–H groups in total. The summed E-state index contributed by atoms with van der Waals surface area (Å²) in [6.07, 6.45) is 0.570. The molecule has 1 aromatic heterocycles. The largest absolute Gasteiger partial charge is 0.341 e. The van der Waals surface area contributed by atoms with E-state index in [9.17, 15) is 16.8 Å². The number of H-pyrrole nitrogens is 1. The maximum atomic E-state index is 13.3. The van der Waals surface area contributed by atoms with Crippen LogP contribution in [0.1, 0.15) is 17.8 Å². The second-order valence-electron chi connectivity index (χ2n) is 8.13. The summed E-state index contributed by atoms with van der Waals surface area (Å²) in [4.78, 5) is 10.7. The van der Waals surface area contributed by atoms with E-state index in [1.807, 2.05) is 0 Å². The lowest BCUT2D eigenvalue weighted by Crippen LogP contribution is -2.37. The van der Waals surface area contributed by atoms with E-state index < -0.39 is 29.8 Å². The Bertz CT molecular complexity index is 1590. The summed E-state index contributed by atoms with van der Waals surface area (Å²) < 4.78 is 55.1. The minimum absolute atomic E-state index is 0.0221. The van der Waals surface area contributed by atoms with Crippen molar-refractivity contribution >= 4 is 36.9 Å². The van der Waals surface area contributed by atoms with Gasteiger partial charge in [0.15, 0.2) is 12.5 Å². The zero-order valence-corrected chi connectivity index (χ0v) is 20.0. The average molecular weight is 518 g/mol. The van der Waals surface area contributed by atoms with E-state index in [1.165, 1.54) is 12.1 Å². The number of primary sulfonamides is 1. The summed E-state index contributed by atoms with van der Waals surface area (Å²) in [5.74, 6) is 0.502. The number of rotatable bonds is 7. The molecule has 0 bridgehead atoms. The van der Waals surface area contributed by atoms with E-state index in [-0.39, 0.29) is 30.7 Å². The monoisotopic (exact) mass is 517 g/mol. The van der Waals surface area contributed by atoms with Crippen molar-refractivity contribution in [1.82, 2.24) is 20.0 Å². The topological polar surface area (TPSA) is 210 Å². The first-order valence-corrected chi connectivity index (χ1v) is 13.7. The van der Waals surface area contributed by atoms with Gasteiger partial charge in [-0.05, 0) is 30.7 Å². The van der Waals surface area contributed by atoms with Crippen LogP contribution >= 0.6 is 0 Å². The molecule has 1 fully saturated rings. The predicted molar refractivity (Wildman–Crippen MR) is 129 cm³/mol. The molecule has 3 aromatic rings. The number of sulfonamides is 2. The highest BCUT2D eigenvalue weighted by atomic mass is 32.2. The lowest BCUT2D eigenvalue weighted by molar-refractivity contribution is 0.555.